The van der Waals surface area contributed by atoms with E-state index in [4.69, 9.17) is 0 Å². The van der Waals surface area contributed by atoms with E-state index < -0.39 is 6.10 Å². The fraction of sp³-hybridized carbons (Fsp3) is 0.222. The van der Waals surface area contributed by atoms with Gasteiger partial charge in [0.05, 0.1) is 6.10 Å². The summed E-state index contributed by atoms with van der Waals surface area (Å²) in [6, 6.07) is 12.0. The Kier molecular flexibility index (Phi) is 3.93. The number of nitrogens with zero attached hydrogens (tertiary/aromatic N) is 2. The number of fused-ring (bicyclic) bond motifs is 1. The Balaban J connectivity index is 1.88. The minimum Gasteiger partial charge on any atom is -0.388 e. The minimum absolute atomic E-state index is 0.500. The van der Waals surface area contributed by atoms with E-state index >= 15 is 0 Å². The van der Waals surface area contributed by atoms with Crippen LogP contribution in [0.25, 0.3) is 10.8 Å². The van der Waals surface area contributed by atoms with Crippen LogP contribution in [0.15, 0.2) is 55.0 Å². The number of rotatable bonds is 4. The van der Waals surface area contributed by atoms with Crippen molar-refractivity contribution in [2.24, 2.45) is 0 Å². The summed E-state index contributed by atoms with van der Waals surface area (Å²) in [5, 5.41) is 12.6. The molecule has 0 amide bonds. The number of aliphatic hydroxyl groups is 1. The van der Waals surface area contributed by atoms with Crippen molar-refractivity contribution in [3.8, 4) is 0 Å². The molecule has 3 rings (SSSR count). The maximum atomic E-state index is 10.5. The molecule has 0 bridgehead atoms. The molecule has 2 heterocycles. The van der Waals surface area contributed by atoms with Crippen molar-refractivity contribution in [1.29, 1.82) is 0 Å². The Hall–Kier alpha value is -2.26. The number of benzene rings is 1. The molecule has 2 aromatic heterocycles. The summed E-state index contributed by atoms with van der Waals surface area (Å²) in [5.41, 5.74) is 2.96. The fourth-order valence-electron chi connectivity index (χ4n) is 2.50. The first kappa shape index (κ1) is 13.7. The molecule has 21 heavy (non-hydrogen) atoms. The summed E-state index contributed by atoms with van der Waals surface area (Å²) in [6.07, 6.45) is 6.32. The summed E-state index contributed by atoms with van der Waals surface area (Å²) in [7, 11) is 0. The summed E-state index contributed by atoms with van der Waals surface area (Å²) in [6.45, 7) is 2.10. The predicted molar refractivity (Wildman–Crippen MR) is 84.0 cm³/mol. The lowest BCUT2D eigenvalue weighted by molar-refractivity contribution is 0.178. The number of aryl methyl sites for hydroxylation is 1. The first-order valence-electron chi connectivity index (χ1n) is 7.22. The number of hydrogen-bond donors (Lipinski definition) is 1. The van der Waals surface area contributed by atoms with Gasteiger partial charge in [-0.2, -0.15) is 0 Å². The molecule has 3 aromatic rings. The zero-order valence-corrected chi connectivity index (χ0v) is 12.0. The molecule has 0 aliphatic heterocycles. The van der Waals surface area contributed by atoms with Crippen LogP contribution in [-0.2, 0) is 12.8 Å². The van der Waals surface area contributed by atoms with Crippen molar-refractivity contribution in [2.75, 3.05) is 0 Å². The summed E-state index contributed by atoms with van der Waals surface area (Å²) < 4.78 is 0. The van der Waals surface area contributed by atoms with Crippen LogP contribution in [-0.4, -0.2) is 15.1 Å². The van der Waals surface area contributed by atoms with Crippen molar-refractivity contribution in [2.45, 2.75) is 25.9 Å². The molecule has 3 heteroatoms. The maximum absolute atomic E-state index is 10.5. The van der Waals surface area contributed by atoms with E-state index in [2.05, 4.69) is 23.0 Å². The topological polar surface area (TPSA) is 46.0 Å². The molecule has 1 aromatic carbocycles. The van der Waals surface area contributed by atoms with Crippen molar-refractivity contribution < 1.29 is 5.11 Å². The lowest BCUT2D eigenvalue weighted by Crippen LogP contribution is -2.05. The summed E-state index contributed by atoms with van der Waals surface area (Å²) in [4.78, 5) is 8.64. The lowest BCUT2D eigenvalue weighted by atomic mass is 10.00. The molecule has 3 nitrogen and oxygen atoms in total. The van der Waals surface area contributed by atoms with Crippen LogP contribution in [0.2, 0.25) is 0 Å². The SMILES string of the molecule is CCc1ccc(CC(O)c2cncc3ccccc23)nc1. The monoisotopic (exact) mass is 278 g/mol. The van der Waals surface area contributed by atoms with Gasteiger partial charge in [0.1, 0.15) is 0 Å². The Labute approximate surface area is 124 Å². The largest absolute Gasteiger partial charge is 0.388 e. The minimum atomic E-state index is -0.594. The second kappa shape index (κ2) is 6.02. The predicted octanol–water partition coefficient (Wildman–Crippen LogP) is 3.47. The molecule has 0 fully saturated rings. The summed E-state index contributed by atoms with van der Waals surface area (Å²) >= 11 is 0. The van der Waals surface area contributed by atoms with E-state index in [1.54, 1.807) is 6.20 Å². The second-order valence-electron chi connectivity index (χ2n) is 5.18. The molecule has 0 aliphatic carbocycles. The average Bonchev–Trinajstić information content (AvgIpc) is 2.55. The molecule has 1 unspecified atom stereocenters. The van der Waals surface area contributed by atoms with Crippen LogP contribution in [0.4, 0.5) is 0 Å². The van der Waals surface area contributed by atoms with Gasteiger partial charge in [0.2, 0.25) is 0 Å². The Morgan fingerprint density at radius 3 is 2.67 bits per heavy atom. The van der Waals surface area contributed by atoms with Crippen LogP contribution in [0, 0.1) is 0 Å². The molecular formula is C18H18N2O. The molecule has 0 radical (unpaired) electrons. The van der Waals surface area contributed by atoms with Gasteiger partial charge in [-0.1, -0.05) is 37.3 Å². The van der Waals surface area contributed by atoms with Crippen molar-refractivity contribution >= 4 is 10.8 Å². The van der Waals surface area contributed by atoms with Crippen LogP contribution in [0.1, 0.15) is 29.8 Å². The number of pyridine rings is 2. The third-order valence-electron chi connectivity index (χ3n) is 3.75. The highest BCUT2D eigenvalue weighted by atomic mass is 16.3. The van der Waals surface area contributed by atoms with Gasteiger partial charge < -0.3 is 5.11 Å². The second-order valence-corrected chi connectivity index (χ2v) is 5.18. The van der Waals surface area contributed by atoms with Gasteiger partial charge in [0, 0.05) is 41.7 Å². The van der Waals surface area contributed by atoms with Gasteiger partial charge in [-0.15, -0.1) is 0 Å². The molecular weight excluding hydrogens is 260 g/mol. The first-order chi connectivity index (χ1) is 10.3. The van der Waals surface area contributed by atoms with Crippen LogP contribution in [0.5, 0.6) is 0 Å². The number of hydrogen-bond acceptors (Lipinski definition) is 3. The Morgan fingerprint density at radius 1 is 1.05 bits per heavy atom. The maximum Gasteiger partial charge on any atom is 0.0866 e. The summed E-state index contributed by atoms with van der Waals surface area (Å²) in [5.74, 6) is 0. The van der Waals surface area contributed by atoms with Gasteiger partial charge in [0.15, 0.2) is 0 Å². The van der Waals surface area contributed by atoms with Gasteiger partial charge in [-0.3, -0.25) is 9.97 Å². The van der Waals surface area contributed by atoms with Gasteiger partial charge in [-0.05, 0) is 23.4 Å². The Morgan fingerprint density at radius 2 is 1.90 bits per heavy atom. The third-order valence-corrected chi connectivity index (χ3v) is 3.75. The van der Waals surface area contributed by atoms with E-state index in [1.807, 2.05) is 42.7 Å². The number of aromatic nitrogens is 2. The zero-order valence-electron chi connectivity index (χ0n) is 12.0. The first-order valence-corrected chi connectivity index (χ1v) is 7.22. The van der Waals surface area contributed by atoms with Gasteiger partial charge in [-0.25, -0.2) is 0 Å². The third kappa shape index (κ3) is 2.93. The van der Waals surface area contributed by atoms with E-state index in [-0.39, 0.29) is 0 Å². The van der Waals surface area contributed by atoms with Gasteiger partial charge in [0.25, 0.3) is 0 Å². The highest BCUT2D eigenvalue weighted by molar-refractivity contribution is 5.84. The molecule has 0 saturated heterocycles. The molecule has 0 aliphatic rings. The van der Waals surface area contributed by atoms with Crippen molar-refractivity contribution in [1.82, 2.24) is 9.97 Å². The Bertz CT molecular complexity index is 732. The highest BCUT2D eigenvalue weighted by Crippen LogP contribution is 2.25. The molecule has 0 saturated carbocycles. The standard InChI is InChI=1S/C18H18N2O/c1-2-13-7-8-15(20-10-13)9-18(21)17-12-19-11-14-5-3-4-6-16(14)17/h3-8,10-12,18,21H,2,9H2,1H3. The van der Waals surface area contributed by atoms with E-state index in [0.717, 1.165) is 28.5 Å². The molecule has 0 spiro atoms. The van der Waals surface area contributed by atoms with Crippen molar-refractivity contribution in [3.05, 3.63) is 71.8 Å². The van der Waals surface area contributed by atoms with E-state index in [9.17, 15) is 5.11 Å². The fourth-order valence-corrected chi connectivity index (χ4v) is 2.50. The zero-order chi connectivity index (χ0) is 14.7. The molecule has 1 N–H and O–H groups in total. The smallest absolute Gasteiger partial charge is 0.0866 e. The van der Waals surface area contributed by atoms with E-state index in [1.165, 1.54) is 5.56 Å². The highest BCUT2D eigenvalue weighted by Gasteiger charge is 2.13. The van der Waals surface area contributed by atoms with Crippen LogP contribution >= 0.6 is 0 Å². The van der Waals surface area contributed by atoms with Crippen LogP contribution < -0.4 is 0 Å². The molecule has 106 valence electrons. The lowest BCUT2D eigenvalue weighted by Gasteiger charge is -2.13. The quantitative estimate of drug-likeness (QED) is 0.795. The number of aliphatic hydroxyl groups excluding tert-OH is 1. The van der Waals surface area contributed by atoms with Crippen LogP contribution in [0.3, 0.4) is 0 Å². The normalized spacial score (nSPS) is 12.5. The van der Waals surface area contributed by atoms with E-state index in [0.29, 0.717) is 6.42 Å². The van der Waals surface area contributed by atoms with Gasteiger partial charge >= 0.3 is 0 Å². The molecule has 1 atom stereocenters. The van der Waals surface area contributed by atoms with Crippen molar-refractivity contribution in [3.63, 3.8) is 0 Å². The average molecular weight is 278 g/mol.